The van der Waals surface area contributed by atoms with E-state index in [9.17, 15) is 9.59 Å². The van der Waals surface area contributed by atoms with E-state index in [1.807, 2.05) is 32.9 Å². The van der Waals surface area contributed by atoms with Crippen LogP contribution in [0.5, 0.6) is 0 Å². The van der Waals surface area contributed by atoms with Crippen molar-refractivity contribution in [2.24, 2.45) is 11.8 Å². The second-order valence-corrected chi connectivity index (χ2v) is 12.2. The van der Waals surface area contributed by atoms with Gasteiger partial charge >= 0.3 is 0 Å². The molecule has 0 saturated heterocycles. The lowest BCUT2D eigenvalue weighted by molar-refractivity contribution is -0.122. The minimum absolute atomic E-state index is 0.160. The zero-order valence-corrected chi connectivity index (χ0v) is 27.0. The minimum atomic E-state index is -0.413. The summed E-state index contributed by atoms with van der Waals surface area (Å²) in [6.45, 7) is 21.0. The lowest BCUT2D eigenvalue weighted by atomic mass is 9.98. The fraction of sp³-hybridized carbons (Fsp3) is 0.448. The highest BCUT2D eigenvalue weighted by Gasteiger charge is 2.22. The van der Waals surface area contributed by atoms with Crippen molar-refractivity contribution in [1.29, 1.82) is 0 Å². The summed E-state index contributed by atoms with van der Waals surface area (Å²) in [4.78, 5) is 26.2. The second-order valence-electron chi connectivity index (χ2n) is 8.62. The highest BCUT2D eigenvalue weighted by Crippen LogP contribution is 2.27. The molecule has 2 amide bonds. The maximum absolute atomic E-state index is 12.7. The van der Waals surface area contributed by atoms with Gasteiger partial charge in [-0.1, -0.05) is 55.0 Å². The topological polar surface area (TPSA) is 102 Å². The van der Waals surface area contributed by atoms with Crippen LogP contribution in [0.25, 0.3) is 0 Å². The Morgan fingerprint density at radius 2 is 1.75 bits per heavy atom. The molecule has 0 aliphatic heterocycles. The number of aromatic nitrogens is 2. The quantitative estimate of drug-likeness (QED) is 0.106. The first-order chi connectivity index (χ1) is 19.0. The average molecular weight is 607 g/mol. The number of carbonyl (C=O) groups is 2. The van der Waals surface area contributed by atoms with Crippen molar-refractivity contribution >= 4 is 51.8 Å². The molecule has 1 rings (SSSR count). The smallest absolute Gasteiger partial charge is 0.233 e. The number of thioether (sulfide) groups is 2. The SMILES string of the molecule is C=C/C(=C(\C)OC)C(C)C(=O)NC(=C)SC(=C)CCSCCc1nnc(NC(=O)C(C)C(=C/C)/C(=C\C)OC)s1. The first kappa shape index (κ1) is 35.3. The summed E-state index contributed by atoms with van der Waals surface area (Å²) in [5.41, 5.74) is 1.56. The largest absolute Gasteiger partial charge is 0.501 e. The van der Waals surface area contributed by atoms with Crippen molar-refractivity contribution in [3.8, 4) is 0 Å². The molecule has 0 aliphatic carbocycles. The molecule has 0 aliphatic rings. The standard InChI is InChI=1S/C29H42N4O4S3/c1-11-23(21(7)36-9)19(5)27(34)30-22(8)39-18(4)14-16-38-17-15-26-32-33-29(40-26)31-28(35)20(6)24(12-2)25(13-3)37-10/h11-13,19-20H,1,4,8,14-17H2,2-3,5-7,9-10H3,(H,30,34)(H,31,33,35)/b23-21-,24-12-,25-13+. The monoisotopic (exact) mass is 606 g/mol. The first-order valence-electron chi connectivity index (χ1n) is 12.8. The van der Waals surface area contributed by atoms with Crippen molar-refractivity contribution in [2.45, 2.75) is 47.5 Å². The maximum Gasteiger partial charge on any atom is 0.233 e. The second kappa shape index (κ2) is 18.6. The molecule has 8 nitrogen and oxygen atoms in total. The fourth-order valence-electron chi connectivity index (χ4n) is 3.60. The van der Waals surface area contributed by atoms with E-state index in [-0.39, 0.29) is 17.7 Å². The van der Waals surface area contributed by atoms with Crippen LogP contribution in [0.3, 0.4) is 0 Å². The van der Waals surface area contributed by atoms with Crippen molar-refractivity contribution in [3.63, 3.8) is 0 Å². The van der Waals surface area contributed by atoms with Gasteiger partial charge in [0.1, 0.15) is 10.8 Å². The molecule has 0 radical (unpaired) electrons. The molecule has 0 saturated carbocycles. The van der Waals surface area contributed by atoms with E-state index >= 15 is 0 Å². The number of carbonyl (C=O) groups excluding carboxylic acids is 2. The molecule has 1 heterocycles. The van der Waals surface area contributed by atoms with Crippen LogP contribution in [0.15, 0.2) is 70.6 Å². The number of hydrogen-bond donors (Lipinski definition) is 2. The Bertz CT molecular complexity index is 1150. The van der Waals surface area contributed by atoms with Crippen LogP contribution >= 0.6 is 34.9 Å². The van der Waals surface area contributed by atoms with E-state index in [2.05, 4.69) is 40.6 Å². The van der Waals surface area contributed by atoms with Crippen LogP contribution in [-0.2, 0) is 25.5 Å². The summed E-state index contributed by atoms with van der Waals surface area (Å²) >= 11 is 4.53. The molecule has 0 spiro atoms. The number of hydrogen-bond acceptors (Lipinski definition) is 9. The van der Waals surface area contributed by atoms with Crippen LogP contribution in [0, 0.1) is 11.8 Å². The Hall–Kier alpha value is -2.76. The number of rotatable bonds is 18. The van der Waals surface area contributed by atoms with E-state index in [1.165, 1.54) is 23.1 Å². The van der Waals surface area contributed by atoms with Crippen molar-refractivity contribution in [2.75, 3.05) is 31.0 Å². The van der Waals surface area contributed by atoms with Crippen LogP contribution in [0.4, 0.5) is 5.13 Å². The molecule has 220 valence electrons. The van der Waals surface area contributed by atoms with Gasteiger partial charge in [0.25, 0.3) is 0 Å². The zero-order valence-electron chi connectivity index (χ0n) is 24.6. The van der Waals surface area contributed by atoms with E-state index in [0.717, 1.165) is 45.4 Å². The van der Waals surface area contributed by atoms with Crippen LogP contribution in [0.1, 0.15) is 46.0 Å². The summed E-state index contributed by atoms with van der Waals surface area (Å²) in [6, 6.07) is 0. The number of allylic oxidation sites excluding steroid dienone is 6. The van der Waals surface area contributed by atoms with Crippen LogP contribution in [0.2, 0.25) is 0 Å². The molecule has 2 atom stereocenters. The van der Waals surface area contributed by atoms with Crippen molar-refractivity contribution in [3.05, 3.63) is 75.6 Å². The molecular weight excluding hydrogens is 565 g/mol. The number of amides is 2. The predicted molar refractivity (Wildman–Crippen MR) is 171 cm³/mol. The average Bonchev–Trinajstić information content (AvgIpc) is 3.37. The Labute approximate surface area is 251 Å². The summed E-state index contributed by atoms with van der Waals surface area (Å²) < 4.78 is 10.6. The molecule has 2 unspecified atom stereocenters. The first-order valence-corrected chi connectivity index (χ1v) is 15.6. The van der Waals surface area contributed by atoms with E-state index in [1.54, 1.807) is 45.9 Å². The molecule has 11 heteroatoms. The van der Waals surface area contributed by atoms with E-state index in [4.69, 9.17) is 9.47 Å². The van der Waals surface area contributed by atoms with Gasteiger partial charge in [-0.05, 0) is 63.5 Å². The number of nitrogens with zero attached hydrogens (tertiary/aromatic N) is 2. The molecular formula is C29H42N4O4S3. The van der Waals surface area contributed by atoms with Gasteiger partial charge in [-0.2, -0.15) is 11.8 Å². The Balaban J connectivity index is 2.42. The Kier molecular flexibility index (Phi) is 16.4. The van der Waals surface area contributed by atoms with E-state index in [0.29, 0.717) is 21.7 Å². The summed E-state index contributed by atoms with van der Waals surface area (Å²) in [6.07, 6.45) is 6.88. The van der Waals surface area contributed by atoms with Crippen LogP contribution in [-0.4, -0.2) is 47.7 Å². The third-order valence-electron chi connectivity index (χ3n) is 5.94. The Morgan fingerprint density at radius 3 is 2.33 bits per heavy atom. The number of ether oxygens (including phenoxy) is 2. The molecule has 0 fully saturated rings. The summed E-state index contributed by atoms with van der Waals surface area (Å²) in [5.74, 6) is 1.94. The minimum Gasteiger partial charge on any atom is -0.501 e. The van der Waals surface area contributed by atoms with E-state index < -0.39 is 5.92 Å². The lowest BCUT2D eigenvalue weighted by Crippen LogP contribution is -2.28. The number of methoxy groups -OCH3 is 2. The summed E-state index contributed by atoms with van der Waals surface area (Å²) in [7, 11) is 3.16. The van der Waals surface area contributed by atoms with Gasteiger partial charge in [0.15, 0.2) is 0 Å². The fourth-order valence-corrected chi connectivity index (χ4v) is 6.23. The van der Waals surface area contributed by atoms with Gasteiger partial charge in [-0.15, -0.1) is 10.2 Å². The van der Waals surface area contributed by atoms with Gasteiger partial charge in [0, 0.05) is 17.6 Å². The molecule has 1 aromatic rings. The van der Waals surface area contributed by atoms with Gasteiger partial charge < -0.3 is 14.8 Å². The molecule has 2 N–H and O–H groups in total. The maximum atomic E-state index is 12.7. The van der Waals surface area contributed by atoms with Gasteiger partial charge in [-0.25, -0.2) is 0 Å². The molecule has 0 bridgehead atoms. The molecule has 40 heavy (non-hydrogen) atoms. The zero-order chi connectivity index (χ0) is 30.2. The summed E-state index contributed by atoms with van der Waals surface area (Å²) in [5, 5.41) is 15.9. The Morgan fingerprint density at radius 1 is 1.05 bits per heavy atom. The van der Waals surface area contributed by atoms with Crippen molar-refractivity contribution < 1.29 is 19.1 Å². The number of aryl methyl sites for hydroxylation is 1. The third-order valence-corrected chi connectivity index (χ3v) is 8.67. The third kappa shape index (κ3) is 11.4. The molecule has 0 aromatic carbocycles. The van der Waals surface area contributed by atoms with Gasteiger partial charge in [-0.3, -0.25) is 14.9 Å². The van der Waals surface area contributed by atoms with Crippen molar-refractivity contribution in [1.82, 2.24) is 15.5 Å². The highest BCUT2D eigenvalue weighted by molar-refractivity contribution is 8.06. The normalized spacial score (nSPS) is 14.0. The van der Waals surface area contributed by atoms with Gasteiger partial charge in [0.2, 0.25) is 16.9 Å². The lowest BCUT2D eigenvalue weighted by Gasteiger charge is -2.17. The number of anilines is 1. The highest BCUT2D eigenvalue weighted by atomic mass is 32.2. The van der Waals surface area contributed by atoms with Crippen LogP contribution < -0.4 is 10.6 Å². The number of nitrogens with one attached hydrogen (secondary N) is 2. The predicted octanol–water partition coefficient (Wildman–Crippen LogP) is 6.85. The molecule has 1 aromatic heterocycles. The van der Waals surface area contributed by atoms with Gasteiger partial charge in [0.05, 0.1) is 36.8 Å².